The molecule has 0 fully saturated rings. The van der Waals surface area contributed by atoms with Crippen molar-refractivity contribution in [2.75, 3.05) is 11.9 Å². The first kappa shape index (κ1) is 23.8. The lowest BCUT2D eigenvalue weighted by Crippen LogP contribution is -2.27. The number of carbonyl (C=O) groups is 4. The Kier molecular flexibility index (Phi) is 5.69. The van der Waals surface area contributed by atoms with E-state index in [0.29, 0.717) is 0 Å². The molecule has 0 heterocycles. The number of fused-ring (bicyclic) bond motifs is 5. The van der Waals surface area contributed by atoms with Gasteiger partial charge in [0.1, 0.15) is 6.61 Å². The minimum atomic E-state index is -1.37. The summed E-state index contributed by atoms with van der Waals surface area (Å²) in [7, 11) is 0. The van der Waals surface area contributed by atoms with E-state index in [1.165, 1.54) is 18.2 Å². The fourth-order valence-corrected chi connectivity index (χ4v) is 5.89. The molecule has 0 aromatic heterocycles. The normalized spacial score (nSPS) is 13.3. The minimum Gasteiger partial charge on any atom is -0.478 e. The monoisotopic (exact) mass is 567 g/mol. The van der Waals surface area contributed by atoms with E-state index in [4.69, 9.17) is 4.74 Å². The number of benzene rings is 4. The number of carboxylic acids is 1. The summed E-state index contributed by atoms with van der Waals surface area (Å²) < 4.78 is 5.73. The summed E-state index contributed by atoms with van der Waals surface area (Å²) >= 11 is 3.25. The van der Waals surface area contributed by atoms with Gasteiger partial charge in [-0.25, -0.2) is 9.59 Å². The summed E-state index contributed by atoms with van der Waals surface area (Å²) in [6.07, 6.45) is -0.932. The number of halogens is 1. The zero-order chi connectivity index (χ0) is 26.6. The predicted octanol–water partition coefficient (Wildman–Crippen LogP) is 6.28. The van der Waals surface area contributed by atoms with Gasteiger partial charge in [0, 0.05) is 21.5 Å². The van der Waals surface area contributed by atoms with Crippen LogP contribution in [0.1, 0.15) is 59.2 Å². The van der Waals surface area contributed by atoms with Crippen LogP contribution in [-0.4, -0.2) is 35.3 Å². The second kappa shape index (κ2) is 9.08. The Balaban J connectivity index is 1.34. The number of hydrogen-bond acceptors (Lipinski definition) is 5. The third-order valence-corrected chi connectivity index (χ3v) is 7.58. The number of ether oxygens (including phenoxy) is 1. The van der Waals surface area contributed by atoms with Crippen LogP contribution >= 0.6 is 15.9 Å². The first-order valence-electron chi connectivity index (χ1n) is 11.8. The molecule has 0 bridgehead atoms. The van der Waals surface area contributed by atoms with Crippen molar-refractivity contribution < 1.29 is 29.0 Å². The Labute approximate surface area is 225 Å². The van der Waals surface area contributed by atoms with Crippen molar-refractivity contribution in [1.82, 2.24) is 0 Å². The Morgan fingerprint density at radius 1 is 0.789 bits per heavy atom. The largest absolute Gasteiger partial charge is 0.478 e. The SMILES string of the molecule is O=C(Nc1c(C(=O)O)cc(Br)c2c1C(=O)c1ccccc1C2=O)OCC1c2ccccc2-c2ccccc21. The number of nitrogens with one attached hydrogen (secondary N) is 1. The van der Waals surface area contributed by atoms with Crippen LogP contribution < -0.4 is 5.32 Å². The van der Waals surface area contributed by atoms with Crippen molar-refractivity contribution in [3.05, 3.63) is 122 Å². The van der Waals surface area contributed by atoms with Crippen molar-refractivity contribution in [3.63, 3.8) is 0 Å². The molecule has 186 valence electrons. The fourth-order valence-electron chi connectivity index (χ4n) is 5.28. The second-order valence-electron chi connectivity index (χ2n) is 8.99. The van der Waals surface area contributed by atoms with Gasteiger partial charge in [-0.3, -0.25) is 14.9 Å². The van der Waals surface area contributed by atoms with E-state index < -0.39 is 23.6 Å². The van der Waals surface area contributed by atoms with E-state index in [0.717, 1.165) is 22.3 Å². The molecule has 4 aromatic carbocycles. The number of rotatable bonds is 4. The van der Waals surface area contributed by atoms with Crippen molar-refractivity contribution in [2.45, 2.75) is 5.92 Å². The summed E-state index contributed by atoms with van der Waals surface area (Å²) in [5.41, 5.74) is 3.70. The van der Waals surface area contributed by atoms with Crippen LogP contribution in [0.3, 0.4) is 0 Å². The van der Waals surface area contributed by atoms with Crippen LogP contribution in [0, 0.1) is 0 Å². The van der Waals surface area contributed by atoms with Gasteiger partial charge in [0.2, 0.25) is 0 Å². The molecular weight excluding hydrogens is 550 g/mol. The van der Waals surface area contributed by atoms with Crippen LogP contribution in [-0.2, 0) is 4.74 Å². The average Bonchev–Trinajstić information content (AvgIpc) is 3.24. The summed E-state index contributed by atoms with van der Waals surface area (Å²) in [6.45, 7) is -0.00328. The molecule has 7 nitrogen and oxygen atoms in total. The highest BCUT2D eigenvalue weighted by molar-refractivity contribution is 9.10. The highest BCUT2D eigenvalue weighted by atomic mass is 79.9. The van der Waals surface area contributed by atoms with Crippen molar-refractivity contribution in [3.8, 4) is 11.1 Å². The Hall–Kier alpha value is -4.56. The number of aromatic carboxylic acids is 1. The van der Waals surface area contributed by atoms with Gasteiger partial charge in [0.05, 0.1) is 22.4 Å². The molecule has 1 amide bonds. The topological polar surface area (TPSA) is 110 Å². The van der Waals surface area contributed by atoms with Crippen LogP contribution in [0.15, 0.2) is 83.3 Å². The minimum absolute atomic E-state index is 0.00328. The Morgan fingerprint density at radius 3 is 1.84 bits per heavy atom. The molecule has 0 saturated carbocycles. The molecule has 2 N–H and O–H groups in total. The molecule has 0 atom stereocenters. The van der Waals surface area contributed by atoms with E-state index in [1.54, 1.807) is 12.1 Å². The maximum Gasteiger partial charge on any atom is 0.411 e. The summed E-state index contributed by atoms with van der Waals surface area (Å²) in [6, 6.07) is 23.2. The van der Waals surface area contributed by atoms with Gasteiger partial charge in [-0.1, -0.05) is 72.8 Å². The molecule has 2 aliphatic rings. The number of hydrogen-bond donors (Lipinski definition) is 2. The molecule has 6 rings (SSSR count). The lowest BCUT2D eigenvalue weighted by molar-refractivity contribution is 0.0697. The third kappa shape index (κ3) is 3.64. The highest BCUT2D eigenvalue weighted by Gasteiger charge is 2.37. The van der Waals surface area contributed by atoms with E-state index in [-0.39, 0.29) is 50.5 Å². The average molecular weight is 568 g/mol. The zero-order valence-corrected chi connectivity index (χ0v) is 21.2. The molecule has 38 heavy (non-hydrogen) atoms. The summed E-state index contributed by atoms with van der Waals surface area (Å²) in [5.74, 6) is -2.59. The molecule has 0 unspecified atom stereocenters. The maximum absolute atomic E-state index is 13.5. The van der Waals surface area contributed by atoms with E-state index in [9.17, 15) is 24.3 Å². The molecule has 8 heteroatoms. The number of ketones is 2. The quantitative estimate of drug-likeness (QED) is 0.264. The van der Waals surface area contributed by atoms with Crippen molar-refractivity contribution in [2.24, 2.45) is 0 Å². The highest BCUT2D eigenvalue weighted by Crippen LogP contribution is 2.45. The molecule has 0 radical (unpaired) electrons. The van der Waals surface area contributed by atoms with Crippen LogP contribution in [0.5, 0.6) is 0 Å². The summed E-state index contributed by atoms with van der Waals surface area (Å²) in [5, 5.41) is 12.3. The van der Waals surface area contributed by atoms with Gasteiger partial charge in [-0.2, -0.15) is 0 Å². The summed E-state index contributed by atoms with van der Waals surface area (Å²) in [4.78, 5) is 51.9. The molecule has 4 aromatic rings. The van der Waals surface area contributed by atoms with Crippen LogP contribution in [0.25, 0.3) is 11.1 Å². The molecule has 2 aliphatic carbocycles. The van der Waals surface area contributed by atoms with Gasteiger partial charge < -0.3 is 9.84 Å². The standard InChI is InChI=1S/C30H18BrNO6/c31-23-13-21(29(35)36)26(25-24(23)27(33)19-11-5-6-12-20(19)28(25)34)32-30(37)38-14-22-17-9-3-1-7-15(17)16-8-2-4-10-18(16)22/h1-13,22H,14H2,(H,32,37)(H,35,36). The molecule has 0 spiro atoms. The fraction of sp³-hybridized carbons (Fsp3) is 0.0667. The molecule has 0 aliphatic heterocycles. The molecular formula is C30H18BrNO6. The smallest absolute Gasteiger partial charge is 0.411 e. The third-order valence-electron chi connectivity index (χ3n) is 6.95. The van der Waals surface area contributed by atoms with Gasteiger partial charge in [0.15, 0.2) is 11.6 Å². The first-order valence-corrected chi connectivity index (χ1v) is 12.6. The lowest BCUT2D eigenvalue weighted by Gasteiger charge is -2.23. The van der Waals surface area contributed by atoms with Gasteiger partial charge >= 0.3 is 12.1 Å². The van der Waals surface area contributed by atoms with Crippen LogP contribution in [0.2, 0.25) is 0 Å². The first-order chi connectivity index (χ1) is 18.4. The van der Waals surface area contributed by atoms with Crippen molar-refractivity contribution in [1.29, 1.82) is 0 Å². The lowest BCUT2D eigenvalue weighted by atomic mass is 9.82. The second-order valence-corrected chi connectivity index (χ2v) is 9.84. The van der Waals surface area contributed by atoms with E-state index in [2.05, 4.69) is 21.2 Å². The Bertz CT molecular complexity index is 1660. The van der Waals surface area contributed by atoms with Crippen molar-refractivity contribution >= 4 is 45.2 Å². The number of carbonyl (C=O) groups excluding carboxylic acids is 3. The number of carboxylic acid groups (broad SMARTS) is 1. The number of anilines is 1. The maximum atomic E-state index is 13.5. The van der Waals surface area contributed by atoms with Gasteiger partial charge in [0.25, 0.3) is 0 Å². The van der Waals surface area contributed by atoms with E-state index in [1.807, 2.05) is 48.5 Å². The zero-order valence-electron chi connectivity index (χ0n) is 19.7. The Morgan fingerprint density at radius 2 is 1.29 bits per heavy atom. The number of amides is 1. The van der Waals surface area contributed by atoms with Crippen LogP contribution in [0.4, 0.5) is 10.5 Å². The van der Waals surface area contributed by atoms with Gasteiger partial charge in [-0.05, 0) is 44.3 Å². The predicted molar refractivity (Wildman–Crippen MR) is 143 cm³/mol. The van der Waals surface area contributed by atoms with Gasteiger partial charge in [-0.15, -0.1) is 0 Å². The van der Waals surface area contributed by atoms with E-state index >= 15 is 0 Å². The molecule has 0 saturated heterocycles.